The van der Waals surface area contributed by atoms with Gasteiger partial charge in [0.1, 0.15) is 15.6 Å². The third-order valence-corrected chi connectivity index (χ3v) is 6.46. The molecule has 11 heteroatoms. The molecular weight excluding hydrogens is 446 g/mol. The molecule has 0 bridgehead atoms. The zero-order chi connectivity index (χ0) is 23.8. The van der Waals surface area contributed by atoms with Gasteiger partial charge < -0.3 is 9.84 Å². The molecule has 1 amide bonds. The maximum Gasteiger partial charge on any atom is 0.412 e. The quantitative estimate of drug-likeness (QED) is 0.580. The molecule has 10 nitrogen and oxygen atoms in total. The van der Waals surface area contributed by atoms with E-state index < -0.39 is 15.9 Å². The lowest BCUT2D eigenvalue weighted by molar-refractivity contribution is 0.198. The first-order valence-corrected chi connectivity index (χ1v) is 12.5. The van der Waals surface area contributed by atoms with Gasteiger partial charge in [0.15, 0.2) is 0 Å². The molecule has 1 aromatic carbocycles. The second-order valence-electron chi connectivity index (χ2n) is 8.25. The summed E-state index contributed by atoms with van der Waals surface area (Å²) in [5, 5.41) is 14.1. The van der Waals surface area contributed by atoms with Gasteiger partial charge in [-0.25, -0.2) is 23.2 Å². The minimum absolute atomic E-state index is 0.0235. The third-order valence-electron chi connectivity index (χ3n) is 5.54. The number of hydrogen-bond donors (Lipinski definition) is 1. The molecule has 0 aliphatic carbocycles. The van der Waals surface area contributed by atoms with Gasteiger partial charge in [-0.1, -0.05) is 0 Å². The van der Waals surface area contributed by atoms with Crippen LogP contribution >= 0.6 is 0 Å². The molecule has 3 aromatic rings. The highest BCUT2D eigenvalue weighted by atomic mass is 32.2. The average Bonchev–Trinajstić information content (AvgIpc) is 3.22. The Labute approximate surface area is 191 Å². The van der Waals surface area contributed by atoms with Gasteiger partial charge in [0.05, 0.1) is 24.2 Å². The number of aromatic nitrogens is 4. The Morgan fingerprint density at radius 2 is 1.97 bits per heavy atom. The van der Waals surface area contributed by atoms with Crippen LogP contribution in [0.5, 0.6) is 11.8 Å². The lowest BCUT2D eigenvalue weighted by Gasteiger charge is -2.34. The fourth-order valence-electron chi connectivity index (χ4n) is 3.85. The van der Waals surface area contributed by atoms with Crippen molar-refractivity contribution in [3.63, 3.8) is 0 Å². The summed E-state index contributed by atoms with van der Waals surface area (Å²) in [6.07, 6.45) is 8.09. The summed E-state index contributed by atoms with van der Waals surface area (Å²) in [5.74, 6) is 0.446. The van der Waals surface area contributed by atoms with Crippen molar-refractivity contribution in [1.82, 2.24) is 19.7 Å². The molecule has 0 saturated heterocycles. The maximum absolute atomic E-state index is 11.9. The summed E-state index contributed by atoms with van der Waals surface area (Å²) in [6, 6.07) is 3.54. The number of ether oxygens (including phenoxy) is 1. The van der Waals surface area contributed by atoms with Crippen LogP contribution in [0.2, 0.25) is 0 Å². The second-order valence-corrected chi connectivity index (χ2v) is 10.5. The first-order valence-electron chi connectivity index (χ1n) is 10.5. The minimum atomic E-state index is -3.12. The Morgan fingerprint density at radius 1 is 1.24 bits per heavy atom. The van der Waals surface area contributed by atoms with Gasteiger partial charge in [0, 0.05) is 47.6 Å². The number of aryl methyl sites for hydroxylation is 2. The van der Waals surface area contributed by atoms with Crippen molar-refractivity contribution in [2.45, 2.75) is 39.3 Å². The molecule has 0 spiro atoms. The number of sulfone groups is 1. The molecule has 1 aliphatic heterocycles. The van der Waals surface area contributed by atoms with Gasteiger partial charge in [-0.3, -0.25) is 9.58 Å². The van der Waals surface area contributed by atoms with E-state index in [-0.39, 0.29) is 24.3 Å². The van der Waals surface area contributed by atoms with Gasteiger partial charge in [-0.2, -0.15) is 5.10 Å². The molecule has 4 rings (SSSR count). The van der Waals surface area contributed by atoms with Crippen LogP contribution in [0.4, 0.5) is 10.5 Å². The predicted octanol–water partition coefficient (Wildman–Crippen LogP) is 3.30. The fourth-order valence-corrected chi connectivity index (χ4v) is 4.37. The van der Waals surface area contributed by atoms with Crippen LogP contribution in [-0.4, -0.2) is 57.4 Å². The molecule has 1 atom stereocenters. The zero-order valence-electron chi connectivity index (χ0n) is 18.6. The lowest BCUT2D eigenvalue weighted by Crippen LogP contribution is -2.41. The van der Waals surface area contributed by atoms with E-state index in [2.05, 4.69) is 15.1 Å². The van der Waals surface area contributed by atoms with Crippen molar-refractivity contribution in [2.75, 3.05) is 16.9 Å². The van der Waals surface area contributed by atoms with Gasteiger partial charge in [-0.15, -0.1) is 0 Å². The Hall–Kier alpha value is -3.47. The fraction of sp³-hybridized carbons (Fsp3) is 0.364. The van der Waals surface area contributed by atoms with Gasteiger partial charge in [0.25, 0.3) is 0 Å². The number of hydrogen-bond acceptors (Lipinski definition) is 7. The van der Waals surface area contributed by atoms with E-state index in [9.17, 15) is 18.3 Å². The summed E-state index contributed by atoms with van der Waals surface area (Å²) in [4.78, 5) is 21.8. The van der Waals surface area contributed by atoms with Gasteiger partial charge in [0.2, 0.25) is 0 Å². The summed E-state index contributed by atoms with van der Waals surface area (Å²) in [6.45, 7) is 3.97. The topological polar surface area (TPSA) is 128 Å². The molecule has 0 fully saturated rings. The number of rotatable bonds is 6. The number of anilines is 1. The average molecular weight is 472 g/mol. The highest BCUT2D eigenvalue weighted by Crippen LogP contribution is 2.44. The normalized spacial score (nSPS) is 15.8. The largest absolute Gasteiger partial charge is 0.465 e. The van der Waals surface area contributed by atoms with Crippen molar-refractivity contribution < 1.29 is 23.1 Å². The molecule has 0 saturated carbocycles. The standard InChI is InChI=1S/C22H25N5O5S/c1-14-10-23-21(24-11-14)32-20-17(16-12-25-26(13-16)8-9-33(3,30)31)6-7-19-18(20)5-4-15(2)27(19)22(28)29/h6-7,10-13,15H,4-5,8-9H2,1-3H3,(H,28,29)/t15-/m0/s1. The van der Waals surface area contributed by atoms with Crippen LogP contribution < -0.4 is 9.64 Å². The van der Waals surface area contributed by atoms with E-state index in [0.29, 0.717) is 35.4 Å². The van der Waals surface area contributed by atoms with Crippen molar-refractivity contribution in [2.24, 2.45) is 0 Å². The van der Waals surface area contributed by atoms with Crippen LogP contribution in [0.3, 0.4) is 0 Å². The summed E-state index contributed by atoms with van der Waals surface area (Å²) < 4.78 is 30.7. The molecule has 0 unspecified atom stereocenters. The molecule has 174 valence electrons. The van der Waals surface area contributed by atoms with Crippen molar-refractivity contribution >= 4 is 21.6 Å². The third kappa shape index (κ3) is 4.98. The van der Waals surface area contributed by atoms with Crippen molar-refractivity contribution in [3.8, 4) is 22.9 Å². The second kappa shape index (κ2) is 8.81. The molecule has 33 heavy (non-hydrogen) atoms. The number of nitrogens with zero attached hydrogens (tertiary/aromatic N) is 5. The van der Waals surface area contributed by atoms with Crippen LogP contribution in [-0.2, 0) is 22.8 Å². The highest BCUT2D eigenvalue weighted by molar-refractivity contribution is 7.90. The van der Waals surface area contributed by atoms with E-state index in [1.165, 1.54) is 11.2 Å². The summed E-state index contributed by atoms with van der Waals surface area (Å²) in [5.41, 5.74) is 3.62. The molecule has 0 radical (unpaired) electrons. The zero-order valence-corrected chi connectivity index (χ0v) is 19.4. The molecule has 2 aromatic heterocycles. The van der Waals surface area contributed by atoms with Crippen LogP contribution in [0.25, 0.3) is 11.1 Å². The smallest absolute Gasteiger partial charge is 0.412 e. The van der Waals surface area contributed by atoms with Crippen LogP contribution in [0.1, 0.15) is 24.5 Å². The first kappa shape index (κ1) is 22.7. The molecule has 3 heterocycles. The van der Waals surface area contributed by atoms with E-state index in [1.54, 1.807) is 41.6 Å². The molecule has 1 aliphatic rings. The minimum Gasteiger partial charge on any atom is -0.465 e. The van der Waals surface area contributed by atoms with E-state index in [0.717, 1.165) is 11.1 Å². The van der Waals surface area contributed by atoms with Crippen LogP contribution in [0.15, 0.2) is 36.9 Å². The van der Waals surface area contributed by atoms with E-state index in [1.807, 2.05) is 13.8 Å². The molecule has 1 N–H and O–H groups in total. The highest BCUT2D eigenvalue weighted by Gasteiger charge is 2.32. The Kier molecular flexibility index (Phi) is 6.07. The lowest BCUT2D eigenvalue weighted by atomic mass is 9.92. The van der Waals surface area contributed by atoms with Crippen LogP contribution in [0, 0.1) is 6.92 Å². The van der Waals surface area contributed by atoms with Gasteiger partial charge >= 0.3 is 12.1 Å². The van der Waals surface area contributed by atoms with Crippen molar-refractivity contribution in [1.29, 1.82) is 0 Å². The first-order chi connectivity index (χ1) is 15.6. The van der Waals surface area contributed by atoms with Crippen molar-refractivity contribution in [3.05, 3.63) is 48.0 Å². The maximum atomic E-state index is 11.9. The predicted molar refractivity (Wildman–Crippen MR) is 123 cm³/mol. The number of carbonyl (C=O) groups is 1. The number of carboxylic acid groups (broad SMARTS) is 1. The Bertz CT molecular complexity index is 1290. The monoisotopic (exact) mass is 471 g/mol. The van der Waals surface area contributed by atoms with E-state index >= 15 is 0 Å². The van der Waals surface area contributed by atoms with E-state index in [4.69, 9.17) is 4.74 Å². The Morgan fingerprint density at radius 3 is 2.64 bits per heavy atom. The van der Waals surface area contributed by atoms with Gasteiger partial charge in [-0.05, 0) is 44.4 Å². The molecular formula is C22H25N5O5S. The SMILES string of the molecule is Cc1cnc(Oc2c(-c3cnn(CCS(C)(=O)=O)c3)ccc3c2CC[C@H](C)N3C(=O)O)nc1. The number of benzene rings is 1. The number of amides is 1. The Balaban J connectivity index is 1.79. The number of fused-ring (bicyclic) bond motifs is 1. The summed E-state index contributed by atoms with van der Waals surface area (Å²) >= 11 is 0. The summed E-state index contributed by atoms with van der Waals surface area (Å²) in [7, 11) is -3.12.